The molecule has 0 saturated heterocycles. The molecule has 0 saturated carbocycles. The number of rotatable bonds is 14. The molecular formula is C24H38O. The predicted molar refractivity (Wildman–Crippen MR) is 115 cm³/mol. The summed E-state index contributed by atoms with van der Waals surface area (Å²) in [5.74, 6) is 0.259. The molecule has 0 N–H and O–H groups in total. The molecular weight excluding hydrogens is 304 g/mol. The van der Waals surface area contributed by atoms with Gasteiger partial charge < -0.3 is 4.79 Å². The standard InChI is InChI=1S/C23H34O.CH4/c1-3-4-5-6-7-8-9-10-11-12-13-14-15-16-17-18-19-20-21-22-23(2)24;/h4-5,7-8,10-11,13-14,16-17,19-20H,3,6,9,12,15,18,21-22H2,1-2H3;1H4/b5-4-,8-7-,11-10-,14-13-,17-16-,20-19-;. The highest BCUT2D eigenvalue weighted by molar-refractivity contribution is 5.75. The molecule has 0 aromatic carbocycles. The first kappa shape index (κ1) is 25.4. The van der Waals surface area contributed by atoms with Gasteiger partial charge in [-0.05, 0) is 51.9 Å². The second-order valence-corrected chi connectivity index (χ2v) is 5.66. The number of carbonyl (C=O) groups excluding carboxylic acids is 1. The van der Waals surface area contributed by atoms with Gasteiger partial charge in [0.05, 0.1) is 0 Å². The van der Waals surface area contributed by atoms with Gasteiger partial charge in [0, 0.05) is 6.42 Å². The van der Waals surface area contributed by atoms with Crippen molar-refractivity contribution in [3.05, 3.63) is 72.9 Å². The van der Waals surface area contributed by atoms with Crippen LogP contribution in [0, 0.1) is 0 Å². The van der Waals surface area contributed by atoms with Crippen molar-refractivity contribution in [2.75, 3.05) is 0 Å². The van der Waals surface area contributed by atoms with E-state index in [0.717, 1.165) is 44.9 Å². The normalized spacial score (nSPS) is 12.6. The maximum Gasteiger partial charge on any atom is 0.130 e. The molecule has 1 nitrogen and oxygen atoms in total. The van der Waals surface area contributed by atoms with Crippen LogP contribution in [0.15, 0.2) is 72.9 Å². The lowest BCUT2D eigenvalue weighted by atomic mass is 10.2. The predicted octanol–water partition coefficient (Wildman–Crippen LogP) is 7.69. The van der Waals surface area contributed by atoms with E-state index in [1.807, 2.05) is 0 Å². The average molecular weight is 343 g/mol. The maximum absolute atomic E-state index is 10.8. The van der Waals surface area contributed by atoms with Crippen LogP contribution in [0.3, 0.4) is 0 Å². The first-order chi connectivity index (χ1) is 11.8. The average Bonchev–Trinajstić information content (AvgIpc) is 2.56. The molecule has 0 radical (unpaired) electrons. The Hall–Kier alpha value is -1.89. The molecule has 0 amide bonds. The lowest BCUT2D eigenvalue weighted by Gasteiger charge is -1.87. The monoisotopic (exact) mass is 342 g/mol. The topological polar surface area (TPSA) is 17.1 Å². The minimum atomic E-state index is 0. The van der Waals surface area contributed by atoms with Gasteiger partial charge in [-0.15, -0.1) is 0 Å². The Bertz CT molecular complexity index is 458. The lowest BCUT2D eigenvalue weighted by molar-refractivity contribution is -0.116. The van der Waals surface area contributed by atoms with Crippen LogP contribution >= 0.6 is 0 Å². The van der Waals surface area contributed by atoms with Gasteiger partial charge in [-0.3, -0.25) is 0 Å². The van der Waals surface area contributed by atoms with E-state index >= 15 is 0 Å². The highest BCUT2D eigenvalue weighted by Gasteiger charge is 1.87. The van der Waals surface area contributed by atoms with E-state index in [9.17, 15) is 4.79 Å². The third kappa shape index (κ3) is 24.5. The van der Waals surface area contributed by atoms with Crippen LogP contribution in [0.4, 0.5) is 0 Å². The minimum absolute atomic E-state index is 0. The third-order valence-electron chi connectivity index (χ3n) is 3.26. The summed E-state index contributed by atoms with van der Waals surface area (Å²) in [6.45, 7) is 3.79. The summed E-state index contributed by atoms with van der Waals surface area (Å²) in [6.07, 6.45) is 33.9. The first-order valence-corrected chi connectivity index (χ1v) is 9.16. The second-order valence-electron chi connectivity index (χ2n) is 5.66. The molecule has 140 valence electrons. The lowest BCUT2D eigenvalue weighted by Crippen LogP contribution is -1.85. The molecule has 0 unspecified atom stereocenters. The van der Waals surface area contributed by atoms with Crippen molar-refractivity contribution in [1.29, 1.82) is 0 Å². The Morgan fingerprint density at radius 3 is 1.24 bits per heavy atom. The summed E-state index contributed by atoms with van der Waals surface area (Å²) >= 11 is 0. The fraction of sp³-hybridized carbons (Fsp3) is 0.458. The highest BCUT2D eigenvalue weighted by Crippen LogP contribution is 1.97. The molecule has 0 aliphatic heterocycles. The summed E-state index contributed by atoms with van der Waals surface area (Å²) in [5, 5.41) is 0. The van der Waals surface area contributed by atoms with Gasteiger partial charge in [0.15, 0.2) is 0 Å². The molecule has 0 aliphatic carbocycles. The van der Waals surface area contributed by atoms with E-state index < -0.39 is 0 Å². The van der Waals surface area contributed by atoms with Gasteiger partial charge in [-0.1, -0.05) is 87.3 Å². The van der Waals surface area contributed by atoms with Gasteiger partial charge in [0.25, 0.3) is 0 Å². The molecule has 0 spiro atoms. The van der Waals surface area contributed by atoms with Crippen molar-refractivity contribution in [2.45, 2.75) is 72.6 Å². The Morgan fingerprint density at radius 1 is 0.600 bits per heavy atom. The number of allylic oxidation sites excluding steroid dienone is 12. The smallest absolute Gasteiger partial charge is 0.130 e. The fourth-order valence-corrected chi connectivity index (χ4v) is 1.93. The molecule has 0 heterocycles. The molecule has 1 heteroatoms. The molecule has 0 rings (SSSR count). The Labute approximate surface area is 156 Å². The summed E-state index contributed by atoms with van der Waals surface area (Å²) in [5.41, 5.74) is 0. The van der Waals surface area contributed by atoms with Crippen LogP contribution in [0.5, 0.6) is 0 Å². The number of ketones is 1. The van der Waals surface area contributed by atoms with Crippen LogP contribution in [-0.2, 0) is 4.79 Å². The Morgan fingerprint density at radius 2 is 0.920 bits per heavy atom. The van der Waals surface area contributed by atoms with Crippen molar-refractivity contribution < 1.29 is 4.79 Å². The fourth-order valence-electron chi connectivity index (χ4n) is 1.93. The van der Waals surface area contributed by atoms with Crippen LogP contribution < -0.4 is 0 Å². The van der Waals surface area contributed by atoms with Crippen LogP contribution in [0.1, 0.15) is 72.6 Å². The number of hydrogen-bond donors (Lipinski definition) is 0. The number of carbonyl (C=O) groups is 1. The van der Waals surface area contributed by atoms with Crippen molar-refractivity contribution in [3.63, 3.8) is 0 Å². The second kappa shape index (κ2) is 22.1. The van der Waals surface area contributed by atoms with Crippen molar-refractivity contribution in [2.24, 2.45) is 0 Å². The van der Waals surface area contributed by atoms with Crippen LogP contribution in [0.2, 0.25) is 0 Å². The third-order valence-corrected chi connectivity index (χ3v) is 3.26. The first-order valence-electron chi connectivity index (χ1n) is 9.16. The summed E-state index contributed by atoms with van der Waals surface area (Å²) < 4.78 is 0. The minimum Gasteiger partial charge on any atom is -0.300 e. The molecule has 0 aliphatic rings. The number of Topliss-reactive ketones (excluding diaryl/α,β-unsaturated/α-hetero) is 1. The van der Waals surface area contributed by atoms with E-state index in [4.69, 9.17) is 0 Å². The van der Waals surface area contributed by atoms with Crippen LogP contribution in [0.25, 0.3) is 0 Å². The quantitative estimate of drug-likeness (QED) is 0.296. The number of hydrogen-bond acceptors (Lipinski definition) is 1. The summed E-state index contributed by atoms with van der Waals surface area (Å²) in [4.78, 5) is 10.8. The Kier molecular flexibility index (Phi) is 22.4. The van der Waals surface area contributed by atoms with Gasteiger partial charge in [-0.25, -0.2) is 0 Å². The SMILES string of the molecule is C.CC/C=C\C/C=C\C/C=C\C/C=C\C/C=C\C/C=C\CCC(C)=O. The molecule has 0 aromatic heterocycles. The van der Waals surface area contributed by atoms with E-state index in [-0.39, 0.29) is 13.2 Å². The van der Waals surface area contributed by atoms with E-state index in [1.54, 1.807) is 6.92 Å². The van der Waals surface area contributed by atoms with Crippen LogP contribution in [-0.4, -0.2) is 5.78 Å². The molecule has 0 bridgehead atoms. The van der Waals surface area contributed by atoms with Crippen molar-refractivity contribution in [3.8, 4) is 0 Å². The maximum atomic E-state index is 10.8. The molecule has 25 heavy (non-hydrogen) atoms. The van der Waals surface area contributed by atoms with Crippen molar-refractivity contribution >= 4 is 5.78 Å². The van der Waals surface area contributed by atoms with E-state index in [2.05, 4.69) is 79.8 Å². The van der Waals surface area contributed by atoms with Gasteiger partial charge in [0.1, 0.15) is 5.78 Å². The highest BCUT2D eigenvalue weighted by atomic mass is 16.1. The Balaban J connectivity index is 0. The summed E-state index contributed by atoms with van der Waals surface area (Å²) in [6, 6.07) is 0. The molecule has 0 atom stereocenters. The molecule has 0 fully saturated rings. The van der Waals surface area contributed by atoms with E-state index in [1.165, 1.54) is 0 Å². The van der Waals surface area contributed by atoms with Gasteiger partial charge >= 0.3 is 0 Å². The zero-order valence-corrected chi connectivity index (χ0v) is 15.5. The van der Waals surface area contributed by atoms with E-state index in [0.29, 0.717) is 6.42 Å². The van der Waals surface area contributed by atoms with Crippen molar-refractivity contribution in [1.82, 2.24) is 0 Å². The largest absolute Gasteiger partial charge is 0.300 e. The van der Waals surface area contributed by atoms with Gasteiger partial charge in [-0.2, -0.15) is 0 Å². The zero-order chi connectivity index (χ0) is 17.7. The zero-order valence-electron chi connectivity index (χ0n) is 15.5. The molecule has 0 aromatic rings. The van der Waals surface area contributed by atoms with Gasteiger partial charge in [0.2, 0.25) is 0 Å². The summed E-state index contributed by atoms with van der Waals surface area (Å²) in [7, 11) is 0.